The van der Waals surface area contributed by atoms with Crippen LogP contribution in [0.3, 0.4) is 0 Å². The van der Waals surface area contributed by atoms with Gasteiger partial charge in [0.1, 0.15) is 18.1 Å². The number of carbonyl (C=O) groups is 2. The number of hydrogen-bond donors (Lipinski definition) is 5. The lowest BCUT2D eigenvalue weighted by atomic mass is 9.75. The number of phenols is 1. The molecule has 3 saturated heterocycles. The lowest BCUT2D eigenvalue weighted by molar-refractivity contribution is -0.196. The number of fused-ring (bicyclic) bond motifs is 11. The summed E-state index contributed by atoms with van der Waals surface area (Å²) in [6.45, 7) is 7.65. The van der Waals surface area contributed by atoms with Crippen LogP contribution >= 0.6 is 11.8 Å². The van der Waals surface area contributed by atoms with E-state index in [0.29, 0.717) is 53.5 Å². The van der Waals surface area contributed by atoms with Crippen LogP contribution in [0.5, 0.6) is 28.7 Å². The second-order valence-electron chi connectivity index (χ2n) is 16.9. The first-order chi connectivity index (χ1) is 27.3. The van der Waals surface area contributed by atoms with E-state index in [1.165, 1.54) is 18.7 Å². The van der Waals surface area contributed by atoms with Crippen LogP contribution < -0.4 is 30.0 Å². The van der Waals surface area contributed by atoms with Crippen molar-refractivity contribution in [2.75, 3.05) is 39.4 Å². The fourth-order valence-electron chi connectivity index (χ4n) is 11.8. The van der Waals surface area contributed by atoms with Crippen molar-refractivity contribution < 1.29 is 43.5 Å². The molecule has 0 amide bonds. The highest BCUT2D eigenvalue weighted by Gasteiger charge is 2.72. The molecule has 8 aliphatic heterocycles. The van der Waals surface area contributed by atoms with Gasteiger partial charge in [0.05, 0.1) is 30.1 Å². The van der Waals surface area contributed by atoms with Gasteiger partial charge in [0.25, 0.3) is 0 Å². The summed E-state index contributed by atoms with van der Waals surface area (Å²) in [4.78, 5) is 36.1. The molecule has 4 bridgehead atoms. The van der Waals surface area contributed by atoms with E-state index in [1.807, 2.05) is 32.0 Å². The van der Waals surface area contributed by atoms with Crippen LogP contribution in [0.4, 0.5) is 0 Å². The van der Waals surface area contributed by atoms with E-state index in [4.69, 9.17) is 29.4 Å². The number of aromatic hydroxyl groups is 1. The van der Waals surface area contributed by atoms with E-state index in [-0.39, 0.29) is 37.5 Å². The Hall–Kier alpha value is -4.51. The van der Waals surface area contributed by atoms with E-state index in [0.717, 1.165) is 44.4 Å². The van der Waals surface area contributed by atoms with Gasteiger partial charge in [-0.05, 0) is 56.0 Å². The molecule has 15 heteroatoms. The molecule has 8 unspecified atom stereocenters. The molecule has 1 aromatic heterocycles. The number of aryl methyl sites for hydroxylation is 1. The number of thioether (sulfide) groups is 1. The second kappa shape index (κ2) is 11.8. The van der Waals surface area contributed by atoms with Crippen molar-refractivity contribution in [1.82, 2.24) is 20.1 Å². The second-order valence-corrected chi connectivity index (χ2v) is 18.1. The van der Waals surface area contributed by atoms with Crippen molar-refractivity contribution in [3.63, 3.8) is 0 Å². The largest absolute Gasteiger partial charge is 0.504 e. The molecule has 57 heavy (non-hydrogen) atoms. The van der Waals surface area contributed by atoms with Crippen molar-refractivity contribution in [1.29, 1.82) is 0 Å². The number of phenolic OH excluding ortho intramolecular Hbond substituents is 1. The predicted octanol–water partition coefficient (Wildman–Crippen LogP) is 3.96. The van der Waals surface area contributed by atoms with Crippen molar-refractivity contribution in [3.8, 4) is 28.7 Å². The number of benzene rings is 3. The zero-order chi connectivity index (χ0) is 39.5. The van der Waals surface area contributed by atoms with Gasteiger partial charge in [0, 0.05) is 83.0 Å². The lowest BCUT2D eigenvalue weighted by Crippen LogP contribution is -2.68. The molecule has 14 nitrogen and oxygen atoms in total. The Kier molecular flexibility index (Phi) is 7.37. The summed E-state index contributed by atoms with van der Waals surface area (Å²) in [5, 5.41) is 29.5. The summed E-state index contributed by atoms with van der Waals surface area (Å²) >= 11 is 1.53. The average molecular weight is 796 g/mol. The minimum atomic E-state index is -1.39. The number of carbonyl (C=O) groups excluding carboxylic acids is 2. The van der Waals surface area contributed by atoms with Crippen molar-refractivity contribution >= 4 is 34.6 Å². The molecule has 8 aliphatic rings. The van der Waals surface area contributed by atoms with E-state index >= 15 is 4.79 Å². The molecule has 0 saturated carbocycles. The minimum Gasteiger partial charge on any atom is -0.504 e. The van der Waals surface area contributed by atoms with Gasteiger partial charge in [-0.2, -0.15) is 0 Å². The maximum atomic E-state index is 15.1. The van der Waals surface area contributed by atoms with Gasteiger partial charge in [-0.3, -0.25) is 19.9 Å². The van der Waals surface area contributed by atoms with Crippen LogP contribution in [0.1, 0.15) is 82.2 Å². The monoisotopic (exact) mass is 795 g/mol. The highest BCUT2D eigenvalue weighted by atomic mass is 32.2. The zero-order valence-electron chi connectivity index (χ0n) is 32.4. The van der Waals surface area contributed by atoms with E-state index in [1.54, 1.807) is 7.11 Å². The van der Waals surface area contributed by atoms with Gasteiger partial charge in [-0.1, -0.05) is 18.2 Å². The molecule has 9 heterocycles. The summed E-state index contributed by atoms with van der Waals surface area (Å²) in [6, 6.07) is 8.14. The molecule has 4 aromatic rings. The number of ether oxygens (including phenoxy) is 5. The normalized spacial score (nSPS) is 33.2. The number of esters is 2. The average Bonchev–Trinajstić information content (AvgIpc) is 3.93. The number of piperazine rings is 1. The first-order valence-corrected chi connectivity index (χ1v) is 20.6. The number of aromatic amines is 1. The van der Waals surface area contributed by atoms with Crippen LogP contribution in [0.2, 0.25) is 0 Å². The lowest BCUT2D eigenvalue weighted by Gasteiger charge is -2.59. The Labute approximate surface area is 332 Å². The molecule has 1 spiro atoms. The maximum absolute atomic E-state index is 15.1. The highest BCUT2D eigenvalue weighted by Crippen LogP contribution is 2.71. The molecule has 12 rings (SSSR count). The number of hydrogen-bond acceptors (Lipinski definition) is 14. The number of aromatic nitrogens is 1. The number of methoxy groups -OCH3 is 1. The standard InChI is InChI=1S/C42H45N5O9S/c1-18-10-24-27(32(49)33(18)52-5)30-31-37-29-28(36-35(54-17-55-36)19(2)34(29)56-20(3)48)26(47(31)41(51)14-40(24,4)46(30)15-41)13-53-39(50)42(16-57-37)38-23(11-21(12-43)45-42)22-8-6-7-9-25(22)44-38/h6-10,21,26,30-31,37,44-45,49,51H,11-17,43H2,1-5H3. The van der Waals surface area contributed by atoms with Crippen LogP contribution in [0, 0.1) is 13.8 Å². The molecular weight excluding hydrogens is 751 g/mol. The smallest absolute Gasteiger partial charge is 0.333 e. The minimum absolute atomic E-state index is 0.0459. The van der Waals surface area contributed by atoms with Crippen LogP contribution in [0.15, 0.2) is 30.3 Å². The number of H-pyrrole nitrogens is 1. The Morgan fingerprint density at radius 2 is 1.91 bits per heavy atom. The van der Waals surface area contributed by atoms with E-state index in [9.17, 15) is 15.0 Å². The summed E-state index contributed by atoms with van der Waals surface area (Å²) in [5.41, 5.74) is 10.2. The van der Waals surface area contributed by atoms with Gasteiger partial charge < -0.3 is 44.6 Å². The Bertz CT molecular complexity index is 2470. The first-order valence-electron chi connectivity index (χ1n) is 19.5. The third kappa shape index (κ3) is 4.39. The van der Waals surface area contributed by atoms with E-state index < -0.39 is 52.1 Å². The van der Waals surface area contributed by atoms with Gasteiger partial charge in [0.15, 0.2) is 28.5 Å². The number of rotatable bonds is 3. The topological polar surface area (TPSA) is 181 Å². The third-order valence-electron chi connectivity index (χ3n) is 13.9. The van der Waals surface area contributed by atoms with Crippen molar-refractivity contribution in [3.05, 3.63) is 75.0 Å². The molecule has 3 aromatic carbocycles. The summed E-state index contributed by atoms with van der Waals surface area (Å²) in [6.07, 6.45) is 0.951. The van der Waals surface area contributed by atoms with Crippen LogP contribution in [0.25, 0.3) is 10.9 Å². The number of nitrogens with two attached hydrogens (primary N) is 1. The Balaban J connectivity index is 1.19. The SMILES string of the molecule is COc1c(C)cc2c(c1O)C1C3C4SCC5(NC(CN)Cc6c5[nH]c5ccccc65)C(=O)OCC(c5c6c(c(C)c(OC(C)=O)c54)OCO6)N3C3(O)CN1C2(C)C3. The number of nitrogens with one attached hydrogen (secondary N) is 2. The van der Waals surface area contributed by atoms with Crippen LogP contribution in [-0.4, -0.2) is 94.1 Å². The van der Waals surface area contributed by atoms with Gasteiger partial charge in [0.2, 0.25) is 6.79 Å². The molecule has 0 radical (unpaired) electrons. The quantitative estimate of drug-likeness (QED) is 0.149. The Morgan fingerprint density at radius 3 is 2.68 bits per heavy atom. The molecule has 3 fully saturated rings. The van der Waals surface area contributed by atoms with Crippen molar-refractivity contribution in [2.24, 2.45) is 5.73 Å². The molecular formula is C42H45N5O9S. The van der Waals surface area contributed by atoms with Gasteiger partial charge in [-0.25, -0.2) is 4.79 Å². The molecule has 6 N–H and O–H groups in total. The number of aliphatic hydroxyl groups is 1. The summed E-state index contributed by atoms with van der Waals surface area (Å²) in [7, 11) is 1.56. The fourth-order valence-corrected chi connectivity index (χ4v) is 13.5. The van der Waals surface area contributed by atoms with Crippen molar-refractivity contribution in [2.45, 2.75) is 86.8 Å². The van der Waals surface area contributed by atoms with Gasteiger partial charge >= 0.3 is 11.9 Å². The summed E-state index contributed by atoms with van der Waals surface area (Å²) in [5.74, 6) is 1.01. The molecule has 298 valence electrons. The maximum Gasteiger partial charge on any atom is 0.333 e. The third-order valence-corrected chi connectivity index (χ3v) is 15.4. The van der Waals surface area contributed by atoms with Crippen LogP contribution in [-0.2, 0) is 31.8 Å². The summed E-state index contributed by atoms with van der Waals surface area (Å²) < 4.78 is 30.9. The first kappa shape index (κ1) is 35.6. The van der Waals surface area contributed by atoms with Gasteiger partial charge in [-0.15, -0.1) is 11.8 Å². The number of nitrogens with zero attached hydrogens (tertiary/aromatic N) is 2. The Morgan fingerprint density at radius 1 is 1.12 bits per heavy atom. The predicted molar refractivity (Wildman–Crippen MR) is 209 cm³/mol. The zero-order valence-corrected chi connectivity index (χ0v) is 33.2. The molecule has 0 aliphatic carbocycles. The number of para-hydroxylation sites is 1. The molecule has 8 atom stereocenters. The fraction of sp³-hybridized carbons (Fsp3) is 0.476. The van der Waals surface area contributed by atoms with E-state index in [2.05, 4.69) is 39.2 Å². The highest BCUT2D eigenvalue weighted by molar-refractivity contribution is 7.99.